The molecule has 156 valence electrons. The standard InChI is InChI=1S/C22H22N2O6/c1-12-7-17(18(25)10-27-22(26)21-13(2)23-30-15(21)4)14(3)24(12)9-16-5-6-19-20(8-16)29-11-28-19/h5-8H,9-11H2,1-4H3. The predicted molar refractivity (Wildman–Crippen MR) is 106 cm³/mol. The lowest BCUT2D eigenvalue weighted by Gasteiger charge is -2.11. The molecule has 0 bridgehead atoms. The second-order valence-corrected chi connectivity index (χ2v) is 7.26. The number of aryl methyl sites for hydroxylation is 3. The number of aromatic nitrogens is 2. The molecule has 0 amide bonds. The highest BCUT2D eigenvalue weighted by molar-refractivity contribution is 6.00. The number of hydrogen-bond donors (Lipinski definition) is 0. The van der Waals surface area contributed by atoms with E-state index in [9.17, 15) is 9.59 Å². The van der Waals surface area contributed by atoms with Gasteiger partial charge < -0.3 is 23.3 Å². The van der Waals surface area contributed by atoms with Gasteiger partial charge in [0, 0.05) is 23.5 Å². The molecule has 0 aliphatic carbocycles. The molecule has 8 nitrogen and oxygen atoms in total. The number of benzene rings is 1. The summed E-state index contributed by atoms with van der Waals surface area (Å²) in [6.07, 6.45) is 0. The summed E-state index contributed by atoms with van der Waals surface area (Å²) in [6, 6.07) is 7.60. The van der Waals surface area contributed by atoms with Crippen molar-refractivity contribution < 1.29 is 28.3 Å². The van der Waals surface area contributed by atoms with Crippen LogP contribution in [-0.4, -0.2) is 34.9 Å². The lowest BCUT2D eigenvalue weighted by Crippen LogP contribution is -2.16. The highest BCUT2D eigenvalue weighted by Gasteiger charge is 2.22. The monoisotopic (exact) mass is 410 g/mol. The molecule has 3 aromatic rings. The molecule has 0 radical (unpaired) electrons. The summed E-state index contributed by atoms with van der Waals surface area (Å²) in [5.41, 5.74) is 4.00. The zero-order chi connectivity index (χ0) is 21.4. The van der Waals surface area contributed by atoms with Crippen LogP contribution in [0.2, 0.25) is 0 Å². The van der Waals surface area contributed by atoms with E-state index < -0.39 is 5.97 Å². The van der Waals surface area contributed by atoms with E-state index in [1.807, 2.05) is 42.7 Å². The van der Waals surface area contributed by atoms with Crippen molar-refractivity contribution in [3.63, 3.8) is 0 Å². The average molecular weight is 410 g/mol. The fraction of sp³-hybridized carbons (Fsp3) is 0.318. The number of rotatable bonds is 6. The molecule has 4 rings (SSSR count). The first-order chi connectivity index (χ1) is 14.3. The molecule has 0 unspecified atom stereocenters. The van der Waals surface area contributed by atoms with Crippen molar-refractivity contribution in [3.8, 4) is 11.5 Å². The molecule has 0 spiro atoms. The Morgan fingerprint density at radius 2 is 1.87 bits per heavy atom. The maximum Gasteiger partial charge on any atom is 0.344 e. The average Bonchev–Trinajstić information content (AvgIpc) is 3.39. The Morgan fingerprint density at radius 3 is 2.60 bits per heavy atom. The van der Waals surface area contributed by atoms with Crippen molar-refractivity contribution >= 4 is 11.8 Å². The Kier molecular flexibility index (Phi) is 5.07. The van der Waals surface area contributed by atoms with E-state index in [-0.39, 0.29) is 24.7 Å². The number of ketones is 1. The molecule has 0 atom stereocenters. The molecule has 0 saturated carbocycles. The molecule has 1 aliphatic rings. The zero-order valence-corrected chi connectivity index (χ0v) is 17.3. The first kappa shape index (κ1) is 19.8. The minimum absolute atomic E-state index is 0.228. The Bertz CT molecular complexity index is 1120. The third-order valence-electron chi connectivity index (χ3n) is 5.22. The maximum absolute atomic E-state index is 12.7. The topological polar surface area (TPSA) is 92.8 Å². The maximum atomic E-state index is 12.7. The van der Waals surface area contributed by atoms with Crippen molar-refractivity contribution in [2.45, 2.75) is 34.2 Å². The molecule has 3 heterocycles. The molecular weight excluding hydrogens is 388 g/mol. The summed E-state index contributed by atoms with van der Waals surface area (Å²) < 4.78 is 23.0. The lowest BCUT2D eigenvalue weighted by molar-refractivity contribution is 0.0472. The van der Waals surface area contributed by atoms with Crippen LogP contribution in [0.3, 0.4) is 0 Å². The van der Waals surface area contributed by atoms with Crippen LogP contribution >= 0.6 is 0 Å². The van der Waals surface area contributed by atoms with E-state index in [2.05, 4.69) is 5.16 Å². The van der Waals surface area contributed by atoms with E-state index >= 15 is 0 Å². The highest BCUT2D eigenvalue weighted by atomic mass is 16.7. The normalized spacial score (nSPS) is 12.3. The van der Waals surface area contributed by atoms with Crippen molar-refractivity contribution in [1.82, 2.24) is 9.72 Å². The molecule has 0 fully saturated rings. The van der Waals surface area contributed by atoms with Gasteiger partial charge in [0.05, 0.1) is 5.69 Å². The summed E-state index contributed by atoms with van der Waals surface area (Å²) >= 11 is 0. The minimum atomic E-state index is -0.617. The fourth-order valence-electron chi connectivity index (χ4n) is 3.60. The number of fused-ring (bicyclic) bond motifs is 1. The second kappa shape index (κ2) is 7.70. The Morgan fingerprint density at radius 1 is 1.10 bits per heavy atom. The van der Waals surface area contributed by atoms with Gasteiger partial charge in [-0.25, -0.2) is 4.79 Å². The quantitative estimate of drug-likeness (QED) is 0.453. The van der Waals surface area contributed by atoms with Crippen molar-refractivity contribution in [2.24, 2.45) is 0 Å². The van der Waals surface area contributed by atoms with E-state index in [0.717, 1.165) is 28.5 Å². The molecular formula is C22H22N2O6. The third-order valence-corrected chi connectivity index (χ3v) is 5.22. The van der Waals surface area contributed by atoms with E-state index in [1.165, 1.54) is 0 Å². The predicted octanol–water partition coefficient (Wildman–Crippen LogP) is 3.53. The van der Waals surface area contributed by atoms with Crippen LogP contribution in [0.25, 0.3) is 0 Å². The lowest BCUT2D eigenvalue weighted by atomic mass is 10.1. The number of carbonyl (C=O) groups is 2. The Labute approximate surface area is 173 Å². The molecule has 1 aromatic carbocycles. The van der Waals surface area contributed by atoms with Gasteiger partial charge >= 0.3 is 5.97 Å². The second-order valence-electron chi connectivity index (χ2n) is 7.26. The minimum Gasteiger partial charge on any atom is -0.454 e. The number of hydrogen-bond acceptors (Lipinski definition) is 7. The first-order valence-electron chi connectivity index (χ1n) is 9.53. The van der Waals surface area contributed by atoms with Crippen LogP contribution in [0, 0.1) is 27.7 Å². The van der Waals surface area contributed by atoms with Gasteiger partial charge in [-0.2, -0.15) is 0 Å². The van der Waals surface area contributed by atoms with Gasteiger partial charge in [0.2, 0.25) is 12.6 Å². The smallest absolute Gasteiger partial charge is 0.344 e. The highest BCUT2D eigenvalue weighted by Crippen LogP contribution is 2.33. The van der Waals surface area contributed by atoms with Crippen LogP contribution in [-0.2, 0) is 11.3 Å². The number of carbonyl (C=O) groups excluding carboxylic acids is 2. The van der Waals surface area contributed by atoms with Gasteiger partial charge in [-0.05, 0) is 51.5 Å². The van der Waals surface area contributed by atoms with E-state index in [4.69, 9.17) is 18.7 Å². The SMILES string of the molecule is Cc1noc(C)c1C(=O)OCC(=O)c1cc(C)n(Cc2ccc3c(c2)OCO3)c1C. The number of Topliss-reactive ketones (excluding diaryl/α,β-unsaturated/α-hetero) is 1. The van der Waals surface area contributed by atoms with E-state index in [1.54, 1.807) is 13.8 Å². The molecule has 30 heavy (non-hydrogen) atoms. The van der Waals surface area contributed by atoms with Crippen LogP contribution in [0.15, 0.2) is 28.8 Å². The summed E-state index contributed by atoms with van der Waals surface area (Å²) in [7, 11) is 0. The number of ether oxygens (including phenoxy) is 3. The molecule has 8 heteroatoms. The van der Waals surface area contributed by atoms with Crippen LogP contribution < -0.4 is 9.47 Å². The molecule has 0 saturated heterocycles. The molecule has 1 aliphatic heterocycles. The number of esters is 1. The molecule has 2 aromatic heterocycles. The van der Waals surface area contributed by atoms with Gasteiger partial charge in [0.25, 0.3) is 0 Å². The van der Waals surface area contributed by atoms with Crippen molar-refractivity contribution in [1.29, 1.82) is 0 Å². The summed E-state index contributed by atoms with van der Waals surface area (Å²) in [5, 5.41) is 3.73. The Balaban J connectivity index is 1.47. The van der Waals surface area contributed by atoms with Gasteiger partial charge in [0.1, 0.15) is 11.3 Å². The van der Waals surface area contributed by atoms with Crippen molar-refractivity contribution in [2.75, 3.05) is 13.4 Å². The zero-order valence-electron chi connectivity index (χ0n) is 17.3. The van der Waals surface area contributed by atoms with E-state index in [0.29, 0.717) is 23.6 Å². The first-order valence-corrected chi connectivity index (χ1v) is 9.53. The Hall–Kier alpha value is -3.55. The van der Waals surface area contributed by atoms with Crippen molar-refractivity contribution in [3.05, 3.63) is 63.8 Å². The van der Waals surface area contributed by atoms with Gasteiger partial charge in [-0.1, -0.05) is 11.2 Å². The van der Waals surface area contributed by atoms with Gasteiger partial charge in [-0.15, -0.1) is 0 Å². The van der Waals surface area contributed by atoms with Crippen LogP contribution in [0.4, 0.5) is 0 Å². The fourth-order valence-corrected chi connectivity index (χ4v) is 3.60. The van der Waals surface area contributed by atoms with Gasteiger partial charge in [0.15, 0.2) is 18.1 Å². The third kappa shape index (κ3) is 3.56. The summed E-state index contributed by atoms with van der Waals surface area (Å²) in [4.78, 5) is 25.0. The summed E-state index contributed by atoms with van der Waals surface area (Å²) in [5.74, 6) is 0.939. The van der Waals surface area contributed by atoms with Crippen LogP contribution in [0.1, 0.15) is 49.1 Å². The van der Waals surface area contributed by atoms with Gasteiger partial charge in [-0.3, -0.25) is 4.79 Å². The van der Waals surface area contributed by atoms with Crippen LogP contribution in [0.5, 0.6) is 11.5 Å². The number of nitrogens with zero attached hydrogens (tertiary/aromatic N) is 2. The summed E-state index contributed by atoms with van der Waals surface area (Å²) in [6.45, 7) is 7.56. The molecule has 0 N–H and O–H groups in total. The largest absolute Gasteiger partial charge is 0.454 e.